The summed E-state index contributed by atoms with van der Waals surface area (Å²) in [5.41, 5.74) is 3.24. The van der Waals surface area contributed by atoms with Crippen molar-refractivity contribution in [3.63, 3.8) is 0 Å². The van der Waals surface area contributed by atoms with Gasteiger partial charge in [-0.15, -0.1) is 0 Å². The molecular formula is C32H41N5O4. The van der Waals surface area contributed by atoms with Crippen LogP contribution in [0.5, 0.6) is 0 Å². The second-order valence-corrected chi connectivity index (χ2v) is 11.5. The average Bonchev–Trinajstić information content (AvgIpc) is 3.39. The quantitative estimate of drug-likeness (QED) is 0.277. The predicted octanol–water partition coefficient (Wildman–Crippen LogP) is 4.60. The Morgan fingerprint density at radius 3 is 2.41 bits per heavy atom. The zero-order valence-electron chi connectivity index (χ0n) is 24.6. The van der Waals surface area contributed by atoms with Crippen LogP contribution in [-0.4, -0.2) is 75.4 Å². The molecule has 9 nitrogen and oxygen atoms in total. The van der Waals surface area contributed by atoms with Crippen LogP contribution in [0, 0.1) is 6.92 Å². The van der Waals surface area contributed by atoms with Crippen LogP contribution in [0.2, 0.25) is 0 Å². The lowest BCUT2D eigenvalue weighted by Crippen LogP contribution is -2.49. The van der Waals surface area contributed by atoms with E-state index in [1.807, 2.05) is 44.3 Å². The summed E-state index contributed by atoms with van der Waals surface area (Å²) in [6.07, 6.45) is 8.62. The molecule has 9 heteroatoms. The van der Waals surface area contributed by atoms with Crippen LogP contribution in [-0.2, 0) is 26.1 Å². The number of morpholine rings is 1. The highest BCUT2D eigenvalue weighted by atomic mass is 16.5. The van der Waals surface area contributed by atoms with Gasteiger partial charge < -0.3 is 9.47 Å². The summed E-state index contributed by atoms with van der Waals surface area (Å²) in [5, 5.41) is 4.44. The number of aromatic nitrogens is 4. The molecule has 4 heterocycles. The predicted molar refractivity (Wildman–Crippen MR) is 155 cm³/mol. The fraction of sp³-hybridized carbons (Fsp3) is 0.531. The maximum atomic E-state index is 13.3. The van der Waals surface area contributed by atoms with E-state index in [2.05, 4.69) is 28.8 Å². The van der Waals surface area contributed by atoms with Crippen molar-refractivity contribution in [3.8, 4) is 5.82 Å². The SMILES string of the molecule is CCOC(=O)C1(c2ccc(CC(=O)c3cnn(-c4ccc(C(C)C)cn4)c3C)cn2)CCC(N2CCOCC2)CC1. The largest absolute Gasteiger partial charge is 0.465 e. The van der Waals surface area contributed by atoms with Crippen molar-refractivity contribution in [3.05, 3.63) is 70.9 Å². The fourth-order valence-electron chi connectivity index (χ4n) is 6.11. The second kappa shape index (κ2) is 12.6. The van der Waals surface area contributed by atoms with Crippen LogP contribution in [0.25, 0.3) is 5.82 Å². The maximum absolute atomic E-state index is 13.3. The van der Waals surface area contributed by atoms with Crippen molar-refractivity contribution in [1.82, 2.24) is 24.6 Å². The lowest BCUT2D eigenvalue weighted by atomic mass is 9.69. The summed E-state index contributed by atoms with van der Waals surface area (Å²) in [5.74, 6) is 0.845. The molecule has 0 radical (unpaired) electrons. The fourth-order valence-corrected chi connectivity index (χ4v) is 6.11. The van der Waals surface area contributed by atoms with E-state index >= 15 is 0 Å². The number of hydrogen-bond acceptors (Lipinski definition) is 8. The van der Waals surface area contributed by atoms with Crippen LogP contribution in [0.1, 0.15) is 85.2 Å². The molecule has 0 unspecified atom stereocenters. The van der Waals surface area contributed by atoms with Crippen molar-refractivity contribution >= 4 is 11.8 Å². The molecule has 2 fully saturated rings. The van der Waals surface area contributed by atoms with Crippen molar-refractivity contribution in [2.75, 3.05) is 32.9 Å². The van der Waals surface area contributed by atoms with Crippen molar-refractivity contribution in [2.24, 2.45) is 0 Å². The highest BCUT2D eigenvalue weighted by molar-refractivity contribution is 5.98. The maximum Gasteiger partial charge on any atom is 0.318 e. The minimum atomic E-state index is -0.753. The number of nitrogens with zero attached hydrogens (tertiary/aromatic N) is 5. The number of rotatable bonds is 9. The number of ether oxygens (including phenoxy) is 2. The van der Waals surface area contributed by atoms with Crippen LogP contribution in [0.15, 0.2) is 42.9 Å². The lowest BCUT2D eigenvalue weighted by Gasteiger charge is -2.42. The van der Waals surface area contributed by atoms with Crippen LogP contribution in [0.3, 0.4) is 0 Å². The molecule has 0 spiro atoms. The van der Waals surface area contributed by atoms with E-state index in [4.69, 9.17) is 14.5 Å². The summed E-state index contributed by atoms with van der Waals surface area (Å²) in [6.45, 7) is 11.7. The Morgan fingerprint density at radius 1 is 1.05 bits per heavy atom. The minimum absolute atomic E-state index is 0.0341. The summed E-state index contributed by atoms with van der Waals surface area (Å²) in [7, 11) is 0. The number of hydrogen-bond donors (Lipinski definition) is 0. The van der Waals surface area contributed by atoms with Gasteiger partial charge in [0.2, 0.25) is 0 Å². The molecule has 0 amide bonds. The first-order valence-electron chi connectivity index (χ1n) is 14.8. The van der Waals surface area contributed by atoms with E-state index in [1.165, 1.54) is 0 Å². The smallest absolute Gasteiger partial charge is 0.318 e. The first-order chi connectivity index (χ1) is 19.8. The van der Waals surface area contributed by atoms with E-state index < -0.39 is 5.41 Å². The highest BCUT2D eigenvalue weighted by Gasteiger charge is 2.46. The molecule has 1 aliphatic carbocycles. The number of pyridine rings is 2. The third-order valence-corrected chi connectivity index (χ3v) is 8.68. The first-order valence-corrected chi connectivity index (χ1v) is 14.8. The van der Waals surface area contributed by atoms with Crippen molar-refractivity contribution in [2.45, 2.75) is 77.2 Å². The third-order valence-electron chi connectivity index (χ3n) is 8.68. The van der Waals surface area contributed by atoms with Crippen molar-refractivity contribution in [1.29, 1.82) is 0 Å². The zero-order valence-corrected chi connectivity index (χ0v) is 24.6. The standard InChI is InChI=1S/C32H41N5O4/c1-5-41-31(39)32(12-10-26(11-13-32)36-14-16-40-17-15-36)29-8-6-24(19-33-29)18-28(38)27-21-35-37(23(27)4)30-9-7-25(20-34-30)22(2)3/h6-9,19-22,26H,5,10-18H2,1-4H3. The van der Waals surface area contributed by atoms with Gasteiger partial charge >= 0.3 is 5.97 Å². The molecule has 5 rings (SSSR count). The van der Waals surface area contributed by atoms with Crippen molar-refractivity contribution < 1.29 is 19.1 Å². The number of ketones is 1. The topological polar surface area (TPSA) is 99.4 Å². The summed E-state index contributed by atoms with van der Waals surface area (Å²) in [6, 6.07) is 8.25. The average molecular weight is 560 g/mol. The summed E-state index contributed by atoms with van der Waals surface area (Å²) < 4.78 is 12.8. The molecular weight excluding hydrogens is 518 g/mol. The molecule has 1 saturated heterocycles. The lowest BCUT2D eigenvalue weighted by molar-refractivity contribution is -0.152. The normalized spacial score (nSPS) is 21.6. The van der Waals surface area contributed by atoms with Gasteiger partial charge in [0, 0.05) is 37.9 Å². The minimum Gasteiger partial charge on any atom is -0.465 e. The highest BCUT2D eigenvalue weighted by Crippen LogP contribution is 2.41. The van der Waals surface area contributed by atoms with Gasteiger partial charge in [-0.1, -0.05) is 26.0 Å². The Morgan fingerprint density at radius 2 is 1.80 bits per heavy atom. The third kappa shape index (κ3) is 6.11. The van der Waals surface area contributed by atoms with Gasteiger partial charge in [-0.25, -0.2) is 9.67 Å². The molecule has 3 aromatic rings. The van der Waals surface area contributed by atoms with Gasteiger partial charge in [0.05, 0.1) is 43.0 Å². The number of carbonyl (C=O) groups excluding carboxylic acids is 2. The van der Waals surface area contributed by atoms with Crippen LogP contribution < -0.4 is 0 Å². The molecule has 3 aromatic heterocycles. The molecule has 0 N–H and O–H groups in total. The van der Waals surface area contributed by atoms with Crippen LogP contribution in [0.4, 0.5) is 0 Å². The molecule has 0 bridgehead atoms. The molecule has 1 saturated carbocycles. The van der Waals surface area contributed by atoms with E-state index in [0.717, 1.165) is 61.7 Å². The van der Waals surface area contributed by atoms with Gasteiger partial charge in [0.25, 0.3) is 0 Å². The van der Waals surface area contributed by atoms with E-state index in [1.54, 1.807) is 17.1 Å². The Hall–Kier alpha value is -3.43. The van der Waals surface area contributed by atoms with Gasteiger partial charge in [0.15, 0.2) is 11.6 Å². The molecule has 1 aliphatic heterocycles. The monoisotopic (exact) mass is 559 g/mol. The molecule has 41 heavy (non-hydrogen) atoms. The van der Waals surface area contributed by atoms with Gasteiger partial charge in [-0.2, -0.15) is 5.10 Å². The first kappa shape index (κ1) is 29.1. The summed E-state index contributed by atoms with van der Waals surface area (Å²) in [4.78, 5) is 38.3. The Bertz CT molecular complexity index is 1340. The van der Waals surface area contributed by atoms with Crippen LogP contribution >= 0.6 is 0 Å². The Balaban J connectivity index is 1.29. The number of esters is 1. The number of carbonyl (C=O) groups is 2. The number of Topliss-reactive ketones (excluding diaryl/α,β-unsaturated/α-hetero) is 1. The molecule has 0 atom stereocenters. The second-order valence-electron chi connectivity index (χ2n) is 11.5. The van der Waals surface area contributed by atoms with Gasteiger partial charge in [0.1, 0.15) is 5.41 Å². The van der Waals surface area contributed by atoms with Gasteiger partial charge in [-0.05, 0) is 68.7 Å². The molecule has 0 aromatic carbocycles. The zero-order chi connectivity index (χ0) is 29.0. The van der Waals surface area contributed by atoms with E-state index in [-0.39, 0.29) is 18.2 Å². The Labute approximate surface area is 242 Å². The summed E-state index contributed by atoms with van der Waals surface area (Å²) >= 11 is 0. The molecule has 218 valence electrons. The van der Waals surface area contributed by atoms with E-state index in [9.17, 15) is 9.59 Å². The van der Waals surface area contributed by atoms with E-state index in [0.29, 0.717) is 42.8 Å². The van der Waals surface area contributed by atoms with Gasteiger partial charge in [-0.3, -0.25) is 19.5 Å². The Kier molecular flexibility index (Phi) is 8.94. The molecule has 2 aliphatic rings.